The van der Waals surface area contributed by atoms with Crippen molar-refractivity contribution >= 4 is 5.97 Å². The van der Waals surface area contributed by atoms with Gasteiger partial charge in [-0.05, 0) is 32.1 Å². The van der Waals surface area contributed by atoms with Gasteiger partial charge in [0.15, 0.2) is 0 Å². The zero-order chi connectivity index (χ0) is 11.1. The van der Waals surface area contributed by atoms with E-state index in [9.17, 15) is 4.79 Å². The molecule has 0 aromatic rings. The van der Waals surface area contributed by atoms with Crippen LogP contribution in [0, 0.1) is 5.92 Å². The van der Waals surface area contributed by atoms with Crippen molar-refractivity contribution < 1.29 is 19.4 Å². The number of aliphatic hydroxyl groups excluding tert-OH is 1. The second kappa shape index (κ2) is 6.80. The Bertz CT molecular complexity index is 187. The third-order valence-corrected chi connectivity index (χ3v) is 2.79. The summed E-state index contributed by atoms with van der Waals surface area (Å²) in [6.07, 6.45) is 4.67. The summed E-state index contributed by atoms with van der Waals surface area (Å²) in [6.45, 7) is 0.992. The number of methoxy groups -OCH3 is 1. The van der Waals surface area contributed by atoms with E-state index in [4.69, 9.17) is 9.84 Å². The molecule has 0 atom stereocenters. The van der Waals surface area contributed by atoms with E-state index in [-0.39, 0.29) is 24.6 Å². The van der Waals surface area contributed by atoms with Crippen molar-refractivity contribution in [2.45, 2.75) is 38.2 Å². The van der Waals surface area contributed by atoms with Crippen molar-refractivity contribution in [2.24, 2.45) is 5.92 Å². The normalized spacial score (nSPS) is 24.7. The molecular formula is C11H20O4. The third-order valence-electron chi connectivity index (χ3n) is 2.79. The first-order chi connectivity index (χ1) is 7.27. The van der Waals surface area contributed by atoms with E-state index >= 15 is 0 Å². The minimum atomic E-state index is -0.116. The highest BCUT2D eigenvalue weighted by atomic mass is 16.5. The minimum absolute atomic E-state index is 0.0532. The first-order valence-corrected chi connectivity index (χ1v) is 5.58. The van der Waals surface area contributed by atoms with Crippen LogP contribution in [0.1, 0.15) is 32.1 Å². The average molecular weight is 216 g/mol. The molecule has 0 aliphatic heterocycles. The van der Waals surface area contributed by atoms with Gasteiger partial charge >= 0.3 is 5.97 Å². The second-order valence-corrected chi connectivity index (χ2v) is 3.97. The lowest BCUT2D eigenvalue weighted by Crippen LogP contribution is -2.37. The molecule has 1 aliphatic rings. The Labute approximate surface area is 90.6 Å². The quantitative estimate of drug-likeness (QED) is 0.512. The van der Waals surface area contributed by atoms with Crippen LogP contribution in [0.2, 0.25) is 0 Å². The molecule has 0 saturated heterocycles. The predicted octanol–water partition coefficient (Wildman–Crippen LogP) is 1.12. The van der Waals surface area contributed by atoms with Crippen molar-refractivity contribution in [3.05, 3.63) is 0 Å². The highest BCUT2D eigenvalue weighted by Crippen LogP contribution is 2.30. The van der Waals surface area contributed by atoms with Crippen molar-refractivity contribution in [1.29, 1.82) is 0 Å². The van der Waals surface area contributed by atoms with E-state index in [1.54, 1.807) is 0 Å². The molecule has 0 radical (unpaired) electrons. The van der Waals surface area contributed by atoms with Gasteiger partial charge < -0.3 is 14.6 Å². The number of esters is 1. The van der Waals surface area contributed by atoms with Crippen LogP contribution in [0.3, 0.4) is 0 Å². The maximum Gasteiger partial charge on any atom is 0.308 e. The van der Waals surface area contributed by atoms with Gasteiger partial charge in [-0.2, -0.15) is 0 Å². The highest BCUT2D eigenvalue weighted by Gasteiger charge is 2.35. The Morgan fingerprint density at radius 2 is 2.07 bits per heavy atom. The molecule has 0 spiro atoms. The van der Waals surface area contributed by atoms with Gasteiger partial charge in [0.1, 0.15) is 0 Å². The lowest BCUT2D eigenvalue weighted by atomic mass is 9.82. The van der Waals surface area contributed by atoms with Crippen molar-refractivity contribution in [3.63, 3.8) is 0 Å². The Balaban J connectivity index is 1.92. The van der Waals surface area contributed by atoms with Gasteiger partial charge in [-0.25, -0.2) is 0 Å². The molecule has 4 heteroatoms. The topological polar surface area (TPSA) is 55.8 Å². The molecule has 0 aromatic heterocycles. The van der Waals surface area contributed by atoms with Gasteiger partial charge in [0.25, 0.3) is 0 Å². The molecular weight excluding hydrogens is 196 g/mol. The van der Waals surface area contributed by atoms with Gasteiger partial charge in [0.05, 0.1) is 19.1 Å². The molecule has 88 valence electrons. The number of unbranched alkanes of at least 4 members (excludes halogenated alkanes) is 2. The van der Waals surface area contributed by atoms with Crippen LogP contribution >= 0.6 is 0 Å². The summed E-state index contributed by atoms with van der Waals surface area (Å²) in [7, 11) is 1.42. The molecule has 4 nitrogen and oxygen atoms in total. The minimum Gasteiger partial charge on any atom is -0.469 e. The number of rotatable bonds is 7. The van der Waals surface area contributed by atoms with E-state index in [1.165, 1.54) is 7.11 Å². The van der Waals surface area contributed by atoms with Crippen molar-refractivity contribution in [1.82, 2.24) is 0 Å². The molecule has 1 N–H and O–H groups in total. The van der Waals surface area contributed by atoms with Gasteiger partial charge in [0, 0.05) is 13.2 Å². The van der Waals surface area contributed by atoms with Crippen LogP contribution in [0.25, 0.3) is 0 Å². The lowest BCUT2D eigenvalue weighted by molar-refractivity contribution is -0.154. The number of aliphatic hydroxyl groups is 1. The molecule has 0 heterocycles. The van der Waals surface area contributed by atoms with Crippen LogP contribution in [0.15, 0.2) is 0 Å². The van der Waals surface area contributed by atoms with E-state index in [0.717, 1.165) is 38.7 Å². The smallest absolute Gasteiger partial charge is 0.308 e. The van der Waals surface area contributed by atoms with Gasteiger partial charge in [-0.15, -0.1) is 0 Å². The molecule has 1 rings (SSSR count). The van der Waals surface area contributed by atoms with Gasteiger partial charge in [-0.3, -0.25) is 4.79 Å². The van der Waals surface area contributed by atoms with Gasteiger partial charge in [-0.1, -0.05) is 0 Å². The van der Waals surface area contributed by atoms with Crippen molar-refractivity contribution in [3.8, 4) is 0 Å². The first kappa shape index (κ1) is 12.5. The summed E-state index contributed by atoms with van der Waals surface area (Å²) < 4.78 is 10.2. The molecule has 1 aliphatic carbocycles. The standard InChI is InChI=1S/C11H20O4/c1-14-11(13)9-7-10(8-9)15-6-4-2-3-5-12/h9-10,12H,2-8H2,1H3. The van der Waals surface area contributed by atoms with E-state index in [1.807, 2.05) is 0 Å². The Kier molecular flexibility index (Phi) is 5.65. The van der Waals surface area contributed by atoms with Crippen LogP contribution in [-0.4, -0.2) is 37.5 Å². The molecule has 1 fully saturated rings. The summed E-state index contributed by atoms with van der Waals surface area (Å²) in [6, 6.07) is 0. The Morgan fingerprint density at radius 3 is 2.67 bits per heavy atom. The lowest BCUT2D eigenvalue weighted by Gasteiger charge is -2.32. The summed E-state index contributed by atoms with van der Waals surface area (Å²) in [4.78, 5) is 11.0. The largest absolute Gasteiger partial charge is 0.469 e. The number of carbonyl (C=O) groups is 1. The van der Waals surface area contributed by atoms with Crippen LogP contribution < -0.4 is 0 Å². The fourth-order valence-electron chi connectivity index (χ4n) is 1.70. The predicted molar refractivity (Wildman–Crippen MR) is 55.4 cm³/mol. The van der Waals surface area contributed by atoms with Gasteiger partial charge in [0.2, 0.25) is 0 Å². The SMILES string of the molecule is COC(=O)C1CC(OCCCCCO)C1. The number of ether oxygens (including phenoxy) is 2. The molecule has 0 aromatic carbocycles. The average Bonchev–Trinajstić information content (AvgIpc) is 2.19. The Hall–Kier alpha value is -0.610. The van der Waals surface area contributed by atoms with Crippen LogP contribution in [0.4, 0.5) is 0 Å². The molecule has 0 amide bonds. The first-order valence-electron chi connectivity index (χ1n) is 5.58. The maximum absolute atomic E-state index is 11.0. The van der Waals surface area contributed by atoms with Crippen LogP contribution in [0.5, 0.6) is 0 Å². The molecule has 0 bridgehead atoms. The number of carbonyl (C=O) groups excluding carboxylic acids is 1. The summed E-state index contributed by atoms with van der Waals surface area (Å²) in [5.41, 5.74) is 0. The fraction of sp³-hybridized carbons (Fsp3) is 0.909. The van der Waals surface area contributed by atoms with Crippen LogP contribution in [-0.2, 0) is 14.3 Å². The van der Waals surface area contributed by atoms with E-state index in [2.05, 4.69) is 4.74 Å². The fourth-order valence-corrected chi connectivity index (χ4v) is 1.70. The summed E-state index contributed by atoms with van der Waals surface area (Å²) >= 11 is 0. The number of hydrogen-bond acceptors (Lipinski definition) is 4. The van der Waals surface area contributed by atoms with Crippen molar-refractivity contribution in [2.75, 3.05) is 20.3 Å². The molecule has 1 saturated carbocycles. The summed E-state index contributed by atoms with van der Waals surface area (Å²) in [5, 5.41) is 8.56. The van der Waals surface area contributed by atoms with E-state index in [0.29, 0.717) is 0 Å². The monoisotopic (exact) mass is 216 g/mol. The highest BCUT2D eigenvalue weighted by molar-refractivity contribution is 5.73. The maximum atomic E-state index is 11.0. The summed E-state index contributed by atoms with van der Waals surface area (Å²) in [5.74, 6) is -0.0624. The zero-order valence-corrected chi connectivity index (χ0v) is 9.28. The van der Waals surface area contributed by atoms with E-state index < -0.39 is 0 Å². The third kappa shape index (κ3) is 4.18. The molecule has 15 heavy (non-hydrogen) atoms. The zero-order valence-electron chi connectivity index (χ0n) is 9.28. The number of hydrogen-bond donors (Lipinski definition) is 1. The molecule has 0 unspecified atom stereocenters. The second-order valence-electron chi connectivity index (χ2n) is 3.97. The Morgan fingerprint density at radius 1 is 1.33 bits per heavy atom.